The van der Waals surface area contributed by atoms with Crippen LogP contribution in [-0.4, -0.2) is 33.8 Å². The molecule has 2 N–H and O–H groups in total. The maximum absolute atomic E-state index is 5.82. The highest BCUT2D eigenvalue weighted by Gasteiger charge is 2.02. The lowest BCUT2D eigenvalue weighted by Gasteiger charge is -2.11. The van der Waals surface area contributed by atoms with Gasteiger partial charge in [0.2, 0.25) is 0 Å². The SMILES string of the molecule is CCNC(=NCc1cnn(-c2ccccc2)c1)NCCc1ccc(Cl)nc1. The van der Waals surface area contributed by atoms with Crippen molar-refractivity contribution in [3.63, 3.8) is 0 Å². The molecule has 0 amide bonds. The van der Waals surface area contributed by atoms with Crippen molar-refractivity contribution < 1.29 is 0 Å². The van der Waals surface area contributed by atoms with Gasteiger partial charge < -0.3 is 10.6 Å². The predicted molar refractivity (Wildman–Crippen MR) is 109 cm³/mol. The van der Waals surface area contributed by atoms with Gasteiger partial charge in [-0.05, 0) is 37.1 Å². The molecule has 6 nitrogen and oxygen atoms in total. The second kappa shape index (κ2) is 9.73. The summed E-state index contributed by atoms with van der Waals surface area (Å²) in [5, 5.41) is 11.5. The van der Waals surface area contributed by atoms with Gasteiger partial charge in [0.05, 0.1) is 18.4 Å². The molecule has 0 saturated heterocycles. The van der Waals surface area contributed by atoms with Gasteiger partial charge in [-0.1, -0.05) is 35.9 Å². The molecular weight excluding hydrogens is 360 g/mol. The first kappa shape index (κ1) is 18.9. The number of halogens is 1. The molecule has 0 unspecified atom stereocenters. The van der Waals surface area contributed by atoms with Gasteiger partial charge in [0.25, 0.3) is 0 Å². The normalized spacial score (nSPS) is 11.4. The maximum atomic E-state index is 5.82. The van der Waals surface area contributed by atoms with E-state index in [0.717, 1.165) is 42.3 Å². The molecule has 0 spiro atoms. The number of aliphatic imine (C=N–C) groups is 1. The number of rotatable bonds is 7. The minimum Gasteiger partial charge on any atom is -0.357 e. The molecule has 0 fully saturated rings. The largest absolute Gasteiger partial charge is 0.357 e. The summed E-state index contributed by atoms with van der Waals surface area (Å²) in [5.74, 6) is 0.784. The molecule has 3 aromatic rings. The number of hydrogen-bond acceptors (Lipinski definition) is 3. The van der Waals surface area contributed by atoms with E-state index < -0.39 is 0 Å². The summed E-state index contributed by atoms with van der Waals surface area (Å²) in [7, 11) is 0. The Hall–Kier alpha value is -2.86. The van der Waals surface area contributed by atoms with Gasteiger partial charge in [-0.3, -0.25) is 0 Å². The number of nitrogens with zero attached hydrogens (tertiary/aromatic N) is 4. The summed E-state index contributed by atoms with van der Waals surface area (Å²) in [5.41, 5.74) is 3.22. The van der Waals surface area contributed by atoms with Crippen molar-refractivity contribution in [1.29, 1.82) is 0 Å². The fourth-order valence-electron chi connectivity index (χ4n) is 2.56. The monoisotopic (exact) mass is 382 g/mol. The molecule has 7 heteroatoms. The molecule has 0 saturated carbocycles. The number of aromatic nitrogens is 3. The van der Waals surface area contributed by atoms with Crippen molar-refractivity contribution in [1.82, 2.24) is 25.4 Å². The predicted octanol–water partition coefficient (Wildman–Crippen LogP) is 3.22. The van der Waals surface area contributed by atoms with E-state index in [4.69, 9.17) is 11.6 Å². The lowest BCUT2D eigenvalue weighted by Crippen LogP contribution is -2.38. The van der Waals surface area contributed by atoms with E-state index in [-0.39, 0.29) is 0 Å². The van der Waals surface area contributed by atoms with E-state index in [1.807, 2.05) is 60.4 Å². The van der Waals surface area contributed by atoms with Crippen molar-refractivity contribution in [2.75, 3.05) is 13.1 Å². The molecule has 0 radical (unpaired) electrons. The molecule has 1 aromatic carbocycles. The number of para-hydroxylation sites is 1. The van der Waals surface area contributed by atoms with E-state index >= 15 is 0 Å². The summed E-state index contributed by atoms with van der Waals surface area (Å²) >= 11 is 5.82. The summed E-state index contributed by atoms with van der Waals surface area (Å²) in [6.07, 6.45) is 6.49. The van der Waals surface area contributed by atoms with Gasteiger partial charge >= 0.3 is 0 Å². The van der Waals surface area contributed by atoms with Gasteiger partial charge in [-0.25, -0.2) is 14.7 Å². The Morgan fingerprint density at radius 1 is 1.07 bits per heavy atom. The number of pyridine rings is 1. The van der Waals surface area contributed by atoms with Crippen molar-refractivity contribution in [2.24, 2.45) is 4.99 Å². The molecule has 0 aliphatic heterocycles. The highest BCUT2D eigenvalue weighted by Crippen LogP contribution is 2.08. The zero-order valence-electron chi connectivity index (χ0n) is 15.3. The Bertz CT molecular complexity index is 858. The molecule has 3 rings (SSSR count). The molecule has 0 atom stereocenters. The molecule has 27 heavy (non-hydrogen) atoms. The fourth-order valence-corrected chi connectivity index (χ4v) is 2.67. The van der Waals surface area contributed by atoms with Crippen LogP contribution in [-0.2, 0) is 13.0 Å². The lowest BCUT2D eigenvalue weighted by molar-refractivity contribution is 0.798. The Morgan fingerprint density at radius 3 is 2.67 bits per heavy atom. The van der Waals surface area contributed by atoms with Crippen molar-refractivity contribution in [2.45, 2.75) is 19.9 Å². The first-order chi connectivity index (χ1) is 13.2. The highest BCUT2D eigenvalue weighted by atomic mass is 35.5. The summed E-state index contributed by atoms with van der Waals surface area (Å²) in [4.78, 5) is 8.74. The topological polar surface area (TPSA) is 67.1 Å². The Morgan fingerprint density at radius 2 is 1.93 bits per heavy atom. The molecule has 0 bridgehead atoms. The van der Waals surface area contributed by atoms with E-state index in [9.17, 15) is 0 Å². The minimum absolute atomic E-state index is 0.512. The number of nitrogens with one attached hydrogen (secondary N) is 2. The third-order valence-corrected chi connectivity index (χ3v) is 4.14. The lowest BCUT2D eigenvalue weighted by atomic mass is 10.2. The van der Waals surface area contributed by atoms with E-state index in [1.54, 1.807) is 12.3 Å². The van der Waals surface area contributed by atoms with Crippen molar-refractivity contribution >= 4 is 17.6 Å². The Kier molecular flexibility index (Phi) is 6.82. The quantitative estimate of drug-likeness (QED) is 0.374. The summed E-state index contributed by atoms with van der Waals surface area (Å²) in [6, 6.07) is 13.8. The zero-order chi connectivity index (χ0) is 18.9. The van der Waals surface area contributed by atoms with Crippen LogP contribution in [0.1, 0.15) is 18.1 Å². The maximum Gasteiger partial charge on any atom is 0.191 e. The van der Waals surface area contributed by atoms with Crippen LogP contribution in [0.2, 0.25) is 5.15 Å². The van der Waals surface area contributed by atoms with Gasteiger partial charge in [0, 0.05) is 31.0 Å². The summed E-state index contributed by atoms with van der Waals surface area (Å²) < 4.78 is 1.86. The van der Waals surface area contributed by atoms with Crippen molar-refractivity contribution in [3.05, 3.63) is 77.3 Å². The molecule has 2 aromatic heterocycles. The standard InChI is InChI=1S/C20H23ClN6/c1-2-22-20(23-11-10-16-8-9-19(21)24-12-16)25-13-17-14-26-27(15-17)18-6-4-3-5-7-18/h3-9,12,14-15H,2,10-11,13H2,1H3,(H2,22,23,25). The zero-order valence-corrected chi connectivity index (χ0v) is 16.0. The molecular formula is C20H23ClN6. The van der Waals surface area contributed by atoms with Crippen LogP contribution < -0.4 is 10.6 Å². The highest BCUT2D eigenvalue weighted by molar-refractivity contribution is 6.29. The van der Waals surface area contributed by atoms with Crippen molar-refractivity contribution in [3.8, 4) is 5.69 Å². The Labute approximate surface area is 164 Å². The van der Waals surface area contributed by atoms with E-state index in [2.05, 4.69) is 25.7 Å². The van der Waals surface area contributed by atoms with Gasteiger partial charge in [-0.15, -0.1) is 0 Å². The average Bonchev–Trinajstić information content (AvgIpc) is 3.17. The molecule has 2 heterocycles. The number of hydrogen-bond donors (Lipinski definition) is 2. The number of benzene rings is 1. The average molecular weight is 383 g/mol. The van der Waals surface area contributed by atoms with Crippen LogP contribution in [0.3, 0.4) is 0 Å². The first-order valence-corrected chi connectivity index (χ1v) is 9.34. The molecule has 0 aliphatic rings. The molecule has 140 valence electrons. The minimum atomic E-state index is 0.512. The van der Waals surface area contributed by atoms with Crippen LogP contribution in [0.4, 0.5) is 0 Å². The van der Waals surface area contributed by atoms with Crippen LogP contribution in [0.15, 0.2) is 66.0 Å². The fraction of sp³-hybridized carbons (Fsp3) is 0.250. The van der Waals surface area contributed by atoms with Crippen LogP contribution in [0, 0.1) is 0 Å². The van der Waals surface area contributed by atoms with Crippen LogP contribution in [0.5, 0.6) is 0 Å². The van der Waals surface area contributed by atoms with E-state index in [0.29, 0.717) is 11.7 Å². The van der Waals surface area contributed by atoms with Crippen LogP contribution in [0.25, 0.3) is 5.69 Å². The smallest absolute Gasteiger partial charge is 0.191 e. The third-order valence-electron chi connectivity index (χ3n) is 3.92. The van der Waals surface area contributed by atoms with Crippen LogP contribution >= 0.6 is 11.6 Å². The van der Waals surface area contributed by atoms with Gasteiger partial charge in [0.1, 0.15) is 5.15 Å². The second-order valence-corrected chi connectivity index (χ2v) is 6.38. The first-order valence-electron chi connectivity index (χ1n) is 8.96. The summed E-state index contributed by atoms with van der Waals surface area (Å²) in [6.45, 7) is 4.18. The van der Waals surface area contributed by atoms with Gasteiger partial charge in [0.15, 0.2) is 5.96 Å². The molecule has 0 aliphatic carbocycles. The second-order valence-electron chi connectivity index (χ2n) is 5.99. The Balaban J connectivity index is 1.55. The third kappa shape index (κ3) is 5.82. The van der Waals surface area contributed by atoms with E-state index in [1.165, 1.54) is 0 Å². The van der Waals surface area contributed by atoms with Gasteiger partial charge in [-0.2, -0.15) is 5.10 Å². The number of guanidine groups is 1.